The van der Waals surface area contributed by atoms with Gasteiger partial charge in [0.1, 0.15) is 0 Å². The molecule has 0 bridgehead atoms. The third-order valence-electron chi connectivity index (χ3n) is 4.36. The average Bonchev–Trinajstić information content (AvgIpc) is 2.99. The number of nitrogens with one attached hydrogen (secondary N) is 3. The van der Waals surface area contributed by atoms with E-state index in [1.165, 1.54) is 10.9 Å². The molecule has 5 heteroatoms. The number of fused-ring (bicyclic) bond motifs is 1. The van der Waals surface area contributed by atoms with Gasteiger partial charge in [-0.1, -0.05) is 38.5 Å². The Balaban J connectivity index is 1.66. The van der Waals surface area contributed by atoms with Crippen molar-refractivity contribution in [3.8, 4) is 0 Å². The molecule has 126 valence electrons. The molecule has 2 amide bonds. The highest BCUT2D eigenvalue weighted by Crippen LogP contribution is 2.18. The van der Waals surface area contributed by atoms with Crippen molar-refractivity contribution in [2.45, 2.75) is 39.2 Å². The number of urea groups is 1. The van der Waals surface area contributed by atoms with Crippen LogP contribution < -0.4 is 10.6 Å². The van der Waals surface area contributed by atoms with Crippen LogP contribution in [0.1, 0.15) is 32.3 Å². The van der Waals surface area contributed by atoms with Crippen LogP contribution in [0.25, 0.3) is 10.9 Å². The Morgan fingerprint density at radius 2 is 2.09 bits per heavy atom. The number of para-hydroxylation sites is 1. The highest BCUT2D eigenvalue weighted by atomic mass is 16.3. The van der Waals surface area contributed by atoms with E-state index in [4.69, 9.17) is 0 Å². The summed E-state index contributed by atoms with van der Waals surface area (Å²) in [6, 6.07) is 8.01. The summed E-state index contributed by atoms with van der Waals surface area (Å²) in [4.78, 5) is 15.0. The van der Waals surface area contributed by atoms with Gasteiger partial charge in [0.05, 0.1) is 6.10 Å². The number of rotatable bonds is 8. The summed E-state index contributed by atoms with van der Waals surface area (Å²) in [5, 5.41) is 16.6. The molecule has 0 spiro atoms. The normalized spacial score (nSPS) is 13.7. The largest absolute Gasteiger partial charge is 0.391 e. The Bertz CT molecular complexity index is 624. The van der Waals surface area contributed by atoms with E-state index in [1.54, 1.807) is 0 Å². The van der Waals surface area contributed by atoms with Gasteiger partial charge < -0.3 is 20.7 Å². The number of hydrogen-bond donors (Lipinski definition) is 4. The monoisotopic (exact) mass is 317 g/mol. The number of carbonyl (C=O) groups is 1. The van der Waals surface area contributed by atoms with Crippen molar-refractivity contribution < 1.29 is 9.90 Å². The van der Waals surface area contributed by atoms with E-state index in [0.717, 1.165) is 24.8 Å². The van der Waals surface area contributed by atoms with Crippen LogP contribution >= 0.6 is 0 Å². The summed E-state index contributed by atoms with van der Waals surface area (Å²) in [5.41, 5.74) is 2.42. The van der Waals surface area contributed by atoms with Gasteiger partial charge in [0.15, 0.2) is 0 Å². The fraction of sp³-hybridized carbons (Fsp3) is 0.500. The number of aryl methyl sites for hydroxylation is 1. The van der Waals surface area contributed by atoms with E-state index in [9.17, 15) is 9.90 Å². The lowest BCUT2D eigenvalue weighted by atomic mass is 10.0. The van der Waals surface area contributed by atoms with Crippen LogP contribution in [0.2, 0.25) is 0 Å². The maximum absolute atomic E-state index is 11.7. The minimum Gasteiger partial charge on any atom is -0.391 e. The van der Waals surface area contributed by atoms with E-state index in [-0.39, 0.29) is 11.9 Å². The summed E-state index contributed by atoms with van der Waals surface area (Å²) in [6.45, 7) is 4.91. The van der Waals surface area contributed by atoms with Crippen molar-refractivity contribution >= 4 is 16.9 Å². The Hall–Kier alpha value is -2.01. The molecular weight excluding hydrogens is 290 g/mol. The van der Waals surface area contributed by atoms with E-state index in [0.29, 0.717) is 13.1 Å². The molecule has 0 saturated heterocycles. The zero-order chi connectivity index (χ0) is 16.7. The quantitative estimate of drug-likeness (QED) is 0.565. The van der Waals surface area contributed by atoms with Gasteiger partial charge in [0.25, 0.3) is 0 Å². The van der Waals surface area contributed by atoms with Gasteiger partial charge in [-0.3, -0.25) is 0 Å². The fourth-order valence-corrected chi connectivity index (χ4v) is 2.55. The Labute approximate surface area is 137 Å². The number of carbonyl (C=O) groups excluding carboxylic acids is 1. The zero-order valence-corrected chi connectivity index (χ0v) is 13.9. The lowest BCUT2D eigenvalue weighted by Crippen LogP contribution is -2.41. The predicted molar refractivity (Wildman–Crippen MR) is 93.5 cm³/mol. The van der Waals surface area contributed by atoms with Crippen molar-refractivity contribution in [3.63, 3.8) is 0 Å². The van der Waals surface area contributed by atoms with Crippen molar-refractivity contribution in [1.82, 2.24) is 15.6 Å². The van der Waals surface area contributed by atoms with Gasteiger partial charge >= 0.3 is 6.03 Å². The first kappa shape index (κ1) is 17.3. The van der Waals surface area contributed by atoms with Crippen LogP contribution in [0.4, 0.5) is 4.79 Å². The molecule has 5 nitrogen and oxygen atoms in total. The zero-order valence-electron chi connectivity index (χ0n) is 13.9. The fourth-order valence-electron chi connectivity index (χ4n) is 2.55. The molecule has 23 heavy (non-hydrogen) atoms. The lowest BCUT2D eigenvalue weighted by Gasteiger charge is -2.17. The highest BCUT2D eigenvalue weighted by molar-refractivity contribution is 5.83. The van der Waals surface area contributed by atoms with E-state index in [1.807, 2.05) is 32.2 Å². The molecule has 0 aliphatic carbocycles. The molecule has 2 rings (SSSR count). The number of H-pyrrole nitrogens is 1. The van der Waals surface area contributed by atoms with Gasteiger partial charge in [0, 0.05) is 30.2 Å². The lowest BCUT2D eigenvalue weighted by molar-refractivity contribution is 0.114. The average molecular weight is 317 g/mol. The van der Waals surface area contributed by atoms with Crippen LogP contribution in [0.3, 0.4) is 0 Å². The van der Waals surface area contributed by atoms with Crippen LogP contribution in [0, 0.1) is 5.92 Å². The second kappa shape index (κ2) is 8.58. The molecule has 1 heterocycles. The van der Waals surface area contributed by atoms with Crippen molar-refractivity contribution in [2.75, 3.05) is 13.1 Å². The van der Waals surface area contributed by atoms with Crippen LogP contribution in [0.15, 0.2) is 30.5 Å². The molecule has 1 aromatic carbocycles. The summed E-state index contributed by atoms with van der Waals surface area (Å²) in [7, 11) is 0. The Morgan fingerprint density at radius 1 is 1.30 bits per heavy atom. The van der Waals surface area contributed by atoms with Gasteiger partial charge in [-0.2, -0.15) is 0 Å². The molecule has 0 saturated carbocycles. The molecule has 4 N–H and O–H groups in total. The van der Waals surface area contributed by atoms with Gasteiger partial charge in [-0.25, -0.2) is 4.79 Å². The topological polar surface area (TPSA) is 77.2 Å². The first-order valence-corrected chi connectivity index (χ1v) is 8.36. The summed E-state index contributed by atoms with van der Waals surface area (Å²) < 4.78 is 0. The van der Waals surface area contributed by atoms with Crippen molar-refractivity contribution in [2.24, 2.45) is 5.92 Å². The molecule has 2 unspecified atom stereocenters. The van der Waals surface area contributed by atoms with Gasteiger partial charge in [-0.05, 0) is 30.4 Å². The number of aromatic nitrogens is 1. The first-order chi connectivity index (χ1) is 11.1. The third-order valence-corrected chi connectivity index (χ3v) is 4.36. The minimum atomic E-state index is -0.489. The number of aromatic amines is 1. The number of amides is 2. The molecule has 0 radical (unpaired) electrons. The highest BCUT2D eigenvalue weighted by Gasteiger charge is 2.12. The molecular formula is C18H27N3O2. The van der Waals surface area contributed by atoms with Crippen LogP contribution in [-0.4, -0.2) is 35.3 Å². The second-order valence-electron chi connectivity index (χ2n) is 6.05. The number of hydrogen-bond acceptors (Lipinski definition) is 2. The van der Waals surface area contributed by atoms with Crippen molar-refractivity contribution in [3.05, 3.63) is 36.0 Å². The molecule has 2 aromatic rings. The summed E-state index contributed by atoms with van der Waals surface area (Å²) in [6.07, 6.45) is 4.24. The standard InChI is InChI=1S/C18H27N3O2/c1-3-13(2)17(22)12-21-18(23)19-10-6-7-14-11-20-16-9-5-4-8-15(14)16/h4-5,8-9,11,13,17,20,22H,3,6-7,10,12H2,1-2H3,(H2,19,21,23). The van der Waals surface area contributed by atoms with E-state index < -0.39 is 6.10 Å². The SMILES string of the molecule is CCC(C)C(O)CNC(=O)NCCCc1c[nH]c2ccccc12. The Kier molecular flexibility index (Phi) is 6.47. The van der Waals surface area contributed by atoms with Gasteiger partial charge in [0.2, 0.25) is 0 Å². The Morgan fingerprint density at radius 3 is 2.87 bits per heavy atom. The number of aliphatic hydroxyl groups excluding tert-OH is 1. The third kappa shape index (κ3) is 4.99. The van der Waals surface area contributed by atoms with Crippen LogP contribution in [-0.2, 0) is 6.42 Å². The molecule has 0 fully saturated rings. The molecule has 0 aliphatic rings. The van der Waals surface area contributed by atoms with E-state index in [2.05, 4.69) is 27.8 Å². The summed E-state index contributed by atoms with van der Waals surface area (Å²) >= 11 is 0. The number of aliphatic hydroxyl groups is 1. The molecule has 1 aromatic heterocycles. The van der Waals surface area contributed by atoms with Gasteiger partial charge in [-0.15, -0.1) is 0 Å². The maximum Gasteiger partial charge on any atom is 0.314 e. The number of benzene rings is 1. The van der Waals surface area contributed by atoms with E-state index >= 15 is 0 Å². The van der Waals surface area contributed by atoms with Crippen molar-refractivity contribution in [1.29, 1.82) is 0 Å². The first-order valence-electron chi connectivity index (χ1n) is 8.36. The molecule has 2 atom stereocenters. The smallest absolute Gasteiger partial charge is 0.314 e. The maximum atomic E-state index is 11.7. The summed E-state index contributed by atoms with van der Waals surface area (Å²) in [5.74, 6) is 0.192. The van der Waals surface area contributed by atoms with Crippen LogP contribution in [0.5, 0.6) is 0 Å². The predicted octanol–water partition coefficient (Wildman–Crippen LogP) is 2.81. The minimum absolute atomic E-state index is 0.192. The second-order valence-corrected chi connectivity index (χ2v) is 6.05. The molecule has 0 aliphatic heterocycles.